The number of hydrogen-bond acceptors (Lipinski definition) is 4. The standard InChI is InChI=1S/C27H33N3OSi.Fe/c1-18-16-19(2)27(20(3)17-18)29-22(5)26-11-9-10-25(30-26)21(4)28-23-12-14-24(15-13-23)31-32(6,7)8;/h9-17H,1-8H3;. The number of aryl methyl sites for hydroxylation is 3. The molecule has 0 unspecified atom stereocenters. The molecule has 0 aliphatic heterocycles. The molecule has 174 valence electrons. The summed E-state index contributed by atoms with van der Waals surface area (Å²) in [5.41, 5.74) is 8.97. The molecule has 0 bridgehead atoms. The number of hydrogen-bond donors (Lipinski definition) is 0. The van der Waals surface area contributed by atoms with Crippen molar-refractivity contribution in [2.45, 2.75) is 54.3 Å². The zero-order chi connectivity index (χ0) is 23.5. The molecule has 6 heteroatoms. The van der Waals surface area contributed by atoms with E-state index in [0.717, 1.165) is 39.9 Å². The van der Waals surface area contributed by atoms with Crippen LogP contribution in [0.15, 0.2) is 64.6 Å². The molecule has 0 aliphatic rings. The third kappa shape index (κ3) is 7.49. The maximum Gasteiger partial charge on any atom is 0.242 e. The van der Waals surface area contributed by atoms with Gasteiger partial charge >= 0.3 is 0 Å². The van der Waals surface area contributed by atoms with Crippen LogP contribution in [0, 0.1) is 20.8 Å². The van der Waals surface area contributed by atoms with Gasteiger partial charge in [-0.25, -0.2) is 4.98 Å². The van der Waals surface area contributed by atoms with Crippen LogP contribution in [0.2, 0.25) is 19.6 Å². The second-order valence-corrected chi connectivity index (χ2v) is 13.7. The van der Waals surface area contributed by atoms with E-state index in [9.17, 15) is 0 Å². The number of aromatic nitrogens is 1. The minimum atomic E-state index is -1.61. The molecule has 3 aromatic rings. The quantitative estimate of drug-likeness (QED) is 0.260. The predicted octanol–water partition coefficient (Wildman–Crippen LogP) is 7.50. The third-order valence-corrected chi connectivity index (χ3v) is 5.81. The molecular formula is C27H33FeN3OSi. The number of benzene rings is 2. The van der Waals surface area contributed by atoms with Gasteiger partial charge in [0.2, 0.25) is 8.32 Å². The Bertz CT molecular complexity index is 1160. The first-order valence-corrected chi connectivity index (χ1v) is 14.4. The zero-order valence-electron chi connectivity index (χ0n) is 20.8. The van der Waals surface area contributed by atoms with Gasteiger partial charge in [0.05, 0.1) is 34.2 Å². The van der Waals surface area contributed by atoms with Crippen LogP contribution in [-0.4, -0.2) is 24.7 Å². The fourth-order valence-corrected chi connectivity index (χ4v) is 4.45. The van der Waals surface area contributed by atoms with E-state index >= 15 is 0 Å². The Labute approximate surface area is 209 Å². The Hall–Kier alpha value is -2.53. The van der Waals surface area contributed by atoms with Crippen LogP contribution in [0.1, 0.15) is 41.9 Å². The molecule has 0 N–H and O–H groups in total. The third-order valence-electron chi connectivity index (χ3n) is 4.96. The maximum absolute atomic E-state index is 6.03. The largest absolute Gasteiger partial charge is 0.544 e. The van der Waals surface area contributed by atoms with Crippen LogP contribution in [0.3, 0.4) is 0 Å². The first kappa shape index (κ1) is 26.7. The van der Waals surface area contributed by atoms with Crippen molar-refractivity contribution in [2.75, 3.05) is 0 Å². The van der Waals surface area contributed by atoms with Crippen molar-refractivity contribution in [3.05, 3.63) is 82.7 Å². The molecule has 1 heterocycles. The van der Waals surface area contributed by atoms with Crippen LogP contribution in [-0.2, 0) is 17.1 Å². The molecule has 0 spiro atoms. The molecule has 0 aliphatic carbocycles. The molecule has 0 fully saturated rings. The number of nitrogens with zero attached hydrogens (tertiary/aromatic N) is 3. The van der Waals surface area contributed by atoms with E-state index < -0.39 is 8.32 Å². The molecule has 0 atom stereocenters. The van der Waals surface area contributed by atoms with Crippen LogP contribution in [0.5, 0.6) is 5.75 Å². The topological polar surface area (TPSA) is 46.8 Å². The summed E-state index contributed by atoms with van der Waals surface area (Å²) in [5.74, 6) is 0.898. The van der Waals surface area contributed by atoms with Gasteiger partial charge in [-0.05, 0) is 102 Å². The van der Waals surface area contributed by atoms with Gasteiger partial charge in [-0.3, -0.25) is 9.98 Å². The molecule has 0 saturated heterocycles. The van der Waals surface area contributed by atoms with Crippen molar-refractivity contribution in [1.82, 2.24) is 4.98 Å². The summed E-state index contributed by atoms with van der Waals surface area (Å²) in [4.78, 5) is 14.5. The van der Waals surface area contributed by atoms with Gasteiger partial charge in [0.25, 0.3) is 0 Å². The van der Waals surface area contributed by atoms with Gasteiger partial charge in [-0.1, -0.05) is 23.8 Å². The van der Waals surface area contributed by atoms with Gasteiger partial charge in [-0.15, -0.1) is 0 Å². The average molecular weight is 500 g/mol. The van der Waals surface area contributed by atoms with Crippen molar-refractivity contribution in [2.24, 2.45) is 9.98 Å². The summed E-state index contributed by atoms with van der Waals surface area (Å²) in [6, 6.07) is 18.3. The Morgan fingerprint density at radius 1 is 0.788 bits per heavy atom. The average Bonchev–Trinajstić information content (AvgIpc) is 2.71. The Kier molecular flexibility index (Phi) is 8.95. The summed E-state index contributed by atoms with van der Waals surface area (Å²) in [7, 11) is -1.61. The smallest absolute Gasteiger partial charge is 0.242 e. The van der Waals surface area contributed by atoms with E-state index in [2.05, 4.69) is 52.5 Å². The summed E-state index contributed by atoms with van der Waals surface area (Å²) < 4.78 is 6.03. The van der Waals surface area contributed by atoms with Crippen molar-refractivity contribution in [3.63, 3.8) is 0 Å². The summed E-state index contributed by atoms with van der Waals surface area (Å²) in [5, 5.41) is 0. The van der Waals surface area contributed by atoms with Crippen LogP contribution < -0.4 is 4.43 Å². The molecule has 1 aromatic heterocycles. The summed E-state index contributed by atoms with van der Waals surface area (Å²) in [6.07, 6.45) is 0. The fourth-order valence-electron chi connectivity index (χ4n) is 3.60. The molecule has 3 rings (SSSR count). The van der Waals surface area contributed by atoms with Crippen molar-refractivity contribution in [3.8, 4) is 5.75 Å². The molecular weight excluding hydrogens is 466 g/mol. The molecule has 2 aromatic carbocycles. The van der Waals surface area contributed by atoms with Crippen molar-refractivity contribution < 1.29 is 21.5 Å². The first-order valence-electron chi connectivity index (χ1n) is 11.0. The van der Waals surface area contributed by atoms with E-state index in [0.29, 0.717) is 0 Å². The fraction of sp³-hybridized carbons (Fsp3) is 0.296. The second-order valence-electron chi connectivity index (χ2n) is 9.26. The minimum Gasteiger partial charge on any atom is -0.544 e. The monoisotopic (exact) mass is 499 g/mol. The molecule has 4 nitrogen and oxygen atoms in total. The van der Waals surface area contributed by atoms with Gasteiger partial charge in [-0.2, -0.15) is 0 Å². The second kappa shape index (κ2) is 11.1. The van der Waals surface area contributed by atoms with Gasteiger partial charge in [0, 0.05) is 17.1 Å². The van der Waals surface area contributed by atoms with E-state index in [1.54, 1.807) is 0 Å². The van der Waals surface area contributed by atoms with Gasteiger partial charge < -0.3 is 4.43 Å². The Balaban J connectivity index is 0.00000385. The maximum atomic E-state index is 6.03. The molecule has 0 amide bonds. The Morgan fingerprint density at radius 2 is 1.30 bits per heavy atom. The minimum absolute atomic E-state index is 0. The van der Waals surface area contributed by atoms with Crippen LogP contribution in [0.25, 0.3) is 0 Å². The Morgan fingerprint density at radius 3 is 1.82 bits per heavy atom. The van der Waals surface area contributed by atoms with Crippen LogP contribution in [0.4, 0.5) is 11.4 Å². The van der Waals surface area contributed by atoms with Crippen molar-refractivity contribution >= 4 is 31.1 Å². The zero-order valence-corrected chi connectivity index (χ0v) is 22.9. The van der Waals surface area contributed by atoms with Gasteiger partial charge in [0.15, 0.2) is 0 Å². The predicted molar refractivity (Wildman–Crippen MR) is 139 cm³/mol. The first-order chi connectivity index (χ1) is 15.0. The normalized spacial score (nSPS) is 12.4. The molecule has 0 saturated carbocycles. The van der Waals surface area contributed by atoms with Gasteiger partial charge in [0.1, 0.15) is 5.75 Å². The molecule has 0 radical (unpaired) electrons. The summed E-state index contributed by atoms with van der Waals surface area (Å²) >= 11 is 0. The summed E-state index contributed by atoms with van der Waals surface area (Å²) in [6.45, 7) is 16.8. The van der Waals surface area contributed by atoms with E-state index in [1.165, 1.54) is 16.7 Å². The SMILES string of the molecule is CC(=Nc1ccc(O[Si](C)(C)C)cc1)c1cccc(C(C)=Nc2c(C)cc(C)cc2C)n1.[Fe]. The number of rotatable bonds is 6. The van der Waals surface area contributed by atoms with E-state index in [-0.39, 0.29) is 17.1 Å². The van der Waals surface area contributed by atoms with Crippen LogP contribution >= 0.6 is 0 Å². The number of pyridine rings is 1. The van der Waals surface area contributed by atoms with Crippen molar-refractivity contribution in [1.29, 1.82) is 0 Å². The number of aliphatic imine (C=N–C) groups is 2. The molecule has 33 heavy (non-hydrogen) atoms. The van der Waals surface area contributed by atoms with E-state index in [1.807, 2.05) is 56.3 Å². The van der Waals surface area contributed by atoms with E-state index in [4.69, 9.17) is 19.4 Å².